The van der Waals surface area contributed by atoms with Crippen molar-refractivity contribution in [3.63, 3.8) is 0 Å². The molecule has 19 heavy (non-hydrogen) atoms. The summed E-state index contributed by atoms with van der Waals surface area (Å²) in [6, 6.07) is 0. The zero-order valence-corrected chi connectivity index (χ0v) is 13.1. The second-order valence-electron chi connectivity index (χ2n) is 5.39. The Bertz CT molecular complexity index is 195. The number of hydrogen-bond acceptors (Lipinski definition) is 2. The van der Waals surface area contributed by atoms with E-state index in [1.807, 2.05) is 7.05 Å². The van der Waals surface area contributed by atoms with Crippen LogP contribution in [0.15, 0.2) is 0 Å². The first kappa shape index (κ1) is 18.4. The molecule has 3 heteroatoms. The molecule has 0 atom stereocenters. The summed E-state index contributed by atoms with van der Waals surface area (Å²) < 4.78 is 0. The highest BCUT2D eigenvalue weighted by atomic mass is 16.1. The van der Waals surface area contributed by atoms with E-state index in [1.165, 1.54) is 51.4 Å². The molecule has 114 valence electrons. The molecule has 0 aliphatic carbocycles. The van der Waals surface area contributed by atoms with Crippen LogP contribution >= 0.6 is 0 Å². The van der Waals surface area contributed by atoms with Gasteiger partial charge in [-0.25, -0.2) is 0 Å². The third kappa shape index (κ3) is 15.4. The Morgan fingerprint density at radius 2 is 1.37 bits per heavy atom. The molecule has 0 aromatic carbocycles. The van der Waals surface area contributed by atoms with Crippen molar-refractivity contribution in [1.29, 1.82) is 0 Å². The Labute approximate surface area is 119 Å². The van der Waals surface area contributed by atoms with Gasteiger partial charge in [-0.2, -0.15) is 0 Å². The number of nitrogens with one attached hydrogen (secondary N) is 2. The smallest absolute Gasteiger partial charge is 0.219 e. The first-order valence-electron chi connectivity index (χ1n) is 8.22. The first-order chi connectivity index (χ1) is 9.31. The molecule has 0 aliphatic rings. The standard InChI is InChI=1S/C16H34N2O/c1-3-4-5-6-7-8-9-10-11-13-16(19)18-15-12-14-17-2/h17H,3-15H2,1-2H3,(H,18,19). The maximum absolute atomic E-state index is 11.5. The number of hydrogen-bond donors (Lipinski definition) is 2. The number of carbonyl (C=O) groups is 1. The summed E-state index contributed by atoms with van der Waals surface area (Å²) in [5, 5.41) is 6.04. The number of rotatable bonds is 14. The fourth-order valence-corrected chi connectivity index (χ4v) is 2.18. The molecule has 0 saturated carbocycles. The van der Waals surface area contributed by atoms with Crippen LogP contribution in [0.25, 0.3) is 0 Å². The molecular weight excluding hydrogens is 236 g/mol. The minimum absolute atomic E-state index is 0.221. The molecule has 0 bridgehead atoms. The van der Waals surface area contributed by atoms with Crippen molar-refractivity contribution in [2.75, 3.05) is 20.1 Å². The minimum Gasteiger partial charge on any atom is -0.356 e. The zero-order valence-electron chi connectivity index (χ0n) is 13.1. The van der Waals surface area contributed by atoms with Crippen LogP contribution in [0.5, 0.6) is 0 Å². The average Bonchev–Trinajstić information content (AvgIpc) is 2.42. The van der Waals surface area contributed by atoms with Crippen LogP contribution in [0.2, 0.25) is 0 Å². The molecule has 3 nitrogen and oxygen atoms in total. The van der Waals surface area contributed by atoms with Crippen LogP contribution in [0.4, 0.5) is 0 Å². The van der Waals surface area contributed by atoms with Gasteiger partial charge in [-0.15, -0.1) is 0 Å². The van der Waals surface area contributed by atoms with Gasteiger partial charge in [0.15, 0.2) is 0 Å². The summed E-state index contributed by atoms with van der Waals surface area (Å²) in [4.78, 5) is 11.5. The van der Waals surface area contributed by atoms with E-state index in [4.69, 9.17) is 0 Å². The van der Waals surface area contributed by atoms with Crippen LogP contribution in [0.1, 0.15) is 77.6 Å². The Kier molecular flexibility index (Phi) is 15.0. The second-order valence-corrected chi connectivity index (χ2v) is 5.39. The van der Waals surface area contributed by atoms with E-state index in [0.29, 0.717) is 6.42 Å². The highest BCUT2D eigenvalue weighted by Gasteiger charge is 1.99. The third-order valence-electron chi connectivity index (χ3n) is 3.43. The van der Waals surface area contributed by atoms with E-state index in [2.05, 4.69) is 17.6 Å². The summed E-state index contributed by atoms with van der Waals surface area (Å²) in [5.41, 5.74) is 0. The molecule has 0 radical (unpaired) electrons. The molecule has 0 aromatic heterocycles. The fraction of sp³-hybridized carbons (Fsp3) is 0.938. The SMILES string of the molecule is CCCCCCCCCCCC(=O)NCCCNC. The first-order valence-corrected chi connectivity index (χ1v) is 8.22. The predicted molar refractivity (Wildman–Crippen MR) is 83.4 cm³/mol. The van der Waals surface area contributed by atoms with Gasteiger partial charge in [-0.1, -0.05) is 58.3 Å². The molecule has 2 N–H and O–H groups in total. The highest BCUT2D eigenvalue weighted by molar-refractivity contribution is 5.75. The molecule has 0 aliphatic heterocycles. The van der Waals surface area contributed by atoms with Crippen LogP contribution in [0, 0.1) is 0 Å². The van der Waals surface area contributed by atoms with Crippen molar-refractivity contribution in [1.82, 2.24) is 10.6 Å². The predicted octanol–water partition coefficient (Wildman–Crippen LogP) is 3.63. The minimum atomic E-state index is 0.221. The lowest BCUT2D eigenvalue weighted by Crippen LogP contribution is -2.26. The van der Waals surface area contributed by atoms with Gasteiger partial charge >= 0.3 is 0 Å². The molecule has 0 fully saturated rings. The maximum Gasteiger partial charge on any atom is 0.219 e. The summed E-state index contributed by atoms with van der Waals surface area (Å²) in [6.07, 6.45) is 13.5. The molecule has 0 spiro atoms. The van der Waals surface area contributed by atoms with Gasteiger partial charge in [0.1, 0.15) is 0 Å². The van der Waals surface area contributed by atoms with E-state index in [9.17, 15) is 4.79 Å². The van der Waals surface area contributed by atoms with Crippen LogP contribution in [-0.2, 0) is 4.79 Å². The zero-order chi connectivity index (χ0) is 14.2. The average molecular weight is 270 g/mol. The van der Waals surface area contributed by atoms with Crippen molar-refractivity contribution in [2.45, 2.75) is 77.6 Å². The highest BCUT2D eigenvalue weighted by Crippen LogP contribution is 2.10. The molecule has 1 amide bonds. The van der Waals surface area contributed by atoms with Crippen molar-refractivity contribution in [2.24, 2.45) is 0 Å². The summed E-state index contributed by atoms with van der Waals surface area (Å²) in [6.45, 7) is 4.03. The van der Waals surface area contributed by atoms with Crippen molar-refractivity contribution < 1.29 is 4.79 Å². The summed E-state index contributed by atoms with van der Waals surface area (Å²) in [5.74, 6) is 0.221. The van der Waals surface area contributed by atoms with Crippen LogP contribution in [0.3, 0.4) is 0 Å². The van der Waals surface area contributed by atoms with Crippen molar-refractivity contribution >= 4 is 5.91 Å². The summed E-state index contributed by atoms with van der Waals surface area (Å²) >= 11 is 0. The molecule has 0 saturated heterocycles. The lowest BCUT2D eigenvalue weighted by Gasteiger charge is -2.05. The van der Waals surface area contributed by atoms with E-state index in [0.717, 1.165) is 25.9 Å². The normalized spacial score (nSPS) is 10.6. The molecule has 0 aromatic rings. The number of amides is 1. The Balaban J connectivity index is 3.10. The molecular formula is C16H34N2O. The van der Waals surface area contributed by atoms with Gasteiger partial charge in [-0.05, 0) is 26.4 Å². The maximum atomic E-state index is 11.5. The Hall–Kier alpha value is -0.570. The lowest BCUT2D eigenvalue weighted by atomic mass is 10.1. The fourth-order valence-electron chi connectivity index (χ4n) is 2.18. The van der Waals surface area contributed by atoms with E-state index >= 15 is 0 Å². The molecule has 0 heterocycles. The second kappa shape index (κ2) is 15.5. The van der Waals surface area contributed by atoms with Gasteiger partial charge in [0.25, 0.3) is 0 Å². The van der Waals surface area contributed by atoms with Crippen LogP contribution in [-0.4, -0.2) is 26.0 Å². The molecule has 0 unspecified atom stereocenters. The van der Waals surface area contributed by atoms with E-state index in [1.54, 1.807) is 0 Å². The van der Waals surface area contributed by atoms with E-state index < -0.39 is 0 Å². The quantitative estimate of drug-likeness (QED) is 0.473. The number of carbonyl (C=O) groups excluding carboxylic acids is 1. The largest absolute Gasteiger partial charge is 0.356 e. The lowest BCUT2D eigenvalue weighted by molar-refractivity contribution is -0.121. The van der Waals surface area contributed by atoms with Gasteiger partial charge < -0.3 is 10.6 Å². The van der Waals surface area contributed by atoms with Crippen molar-refractivity contribution in [3.05, 3.63) is 0 Å². The monoisotopic (exact) mass is 270 g/mol. The van der Waals surface area contributed by atoms with Gasteiger partial charge in [-0.3, -0.25) is 4.79 Å². The van der Waals surface area contributed by atoms with Crippen molar-refractivity contribution in [3.8, 4) is 0 Å². The topological polar surface area (TPSA) is 41.1 Å². The molecule has 0 rings (SSSR count). The van der Waals surface area contributed by atoms with Crippen LogP contribution < -0.4 is 10.6 Å². The van der Waals surface area contributed by atoms with Gasteiger partial charge in [0, 0.05) is 13.0 Å². The number of unbranched alkanes of at least 4 members (excludes halogenated alkanes) is 8. The third-order valence-corrected chi connectivity index (χ3v) is 3.43. The van der Waals surface area contributed by atoms with Gasteiger partial charge in [0.05, 0.1) is 0 Å². The van der Waals surface area contributed by atoms with E-state index in [-0.39, 0.29) is 5.91 Å². The Morgan fingerprint density at radius 1 is 0.789 bits per heavy atom. The Morgan fingerprint density at radius 3 is 1.95 bits per heavy atom. The summed E-state index contributed by atoms with van der Waals surface area (Å²) in [7, 11) is 1.93. The van der Waals surface area contributed by atoms with Gasteiger partial charge in [0.2, 0.25) is 5.91 Å².